The van der Waals surface area contributed by atoms with E-state index in [4.69, 9.17) is 4.74 Å². The Hall–Kier alpha value is -2.81. The maximum atomic E-state index is 12.3. The Kier molecular flexibility index (Phi) is 6.03. The zero-order valence-electron chi connectivity index (χ0n) is 15.9. The molecule has 9 heteroatoms. The lowest BCUT2D eigenvalue weighted by molar-refractivity contribution is 0.111. The standard InChI is InChI=1S/C19H24N4O4S/c1-22(28(2,25)26)16-8-9-18(20-14-16)27-17-10-12-23(13-11-17)19(24)21-15-6-4-3-5-7-15/h3-9,14,17H,10-13H2,1-2H3,(H,21,24). The number of benzene rings is 1. The van der Waals surface area contributed by atoms with E-state index in [2.05, 4.69) is 10.3 Å². The van der Waals surface area contributed by atoms with Gasteiger partial charge >= 0.3 is 6.03 Å². The van der Waals surface area contributed by atoms with Crippen molar-refractivity contribution in [3.8, 4) is 5.88 Å². The number of hydrogen-bond donors (Lipinski definition) is 1. The summed E-state index contributed by atoms with van der Waals surface area (Å²) in [5, 5.41) is 2.89. The molecule has 150 valence electrons. The number of amides is 2. The molecule has 2 heterocycles. The van der Waals surface area contributed by atoms with E-state index in [9.17, 15) is 13.2 Å². The number of sulfonamides is 1. The first-order chi connectivity index (χ1) is 13.3. The average Bonchev–Trinajstić information content (AvgIpc) is 2.68. The second-order valence-electron chi connectivity index (χ2n) is 6.69. The van der Waals surface area contributed by atoms with Crippen molar-refractivity contribution in [1.82, 2.24) is 9.88 Å². The van der Waals surface area contributed by atoms with Gasteiger partial charge in [-0.25, -0.2) is 18.2 Å². The van der Waals surface area contributed by atoms with Crippen LogP contribution in [0, 0.1) is 0 Å². The number of para-hydroxylation sites is 1. The lowest BCUT2D eigenvalue weighted by atomic mass is 10.1. The van der Waals surface area contributed by atoms with Crippen molar-refractivity contribution in [1.29, 1.82) is 0 Å². The van der Waals surface area contributed by atoms with E-state index >= 15 is 0 Å². The van der Waals surface area contributed by atoms with Gasteiger partial charge in [0.05, 0.1) is 18.1 Å². The van der Waals surface area contributed by atoms with E-state index in [0.29, 0.717) is 37.5 Å². The van der Waals surface area contributed by atoms with Crippen LogP contribution in [0.15, 0.2) is 48.7 Å². The molecule has 0 saturated carbocycles. The van der Waals surface area contributed by atoms with Crippen LogP contribution in [0.5, 0.6) is 5.88 Å². The van der Waals surface area contributed by atoms with Crippen LogP contribution in [0.2, 0.25) is 0 Å². The van der Waals surface area contributed by atoms with Crippen molar-refractivity contribution in [3.63, 3.8) is 0 Å². The van der Waals surface area contributed by atoms with Crippen LogP contribution < -0.4 is 14.4 Å². The molecule has 0 unspecified atom stereocenters. The van der Waals surface area contributed by atoms with Crippen molar-refractivity contribution in [3.05, 3.63) is 48.7 Å². The number of aromatic nitrogens is 1. The number of hydrogen-bond acceptors (Lipinski definition) is 5. The van der Waals surface area contributed by atoms with Gasteiger partial charge in [-0.1, -0.05) is 18.2 Å². The van der Waals surface area contributed by atoms with Gasteiger partial charge in [0, 0.05) is 44.7 Å². The first-order valence-electron chi connectivity index (χ1n) is 9.00. The molecular formula is C19H24N4O4S. The maximum Gasteiger partial charge on any atom is 0.321 e. The highest BCUT2D eigenvalue weighted by molar-refractivity contribution is 7.92. The number of piperidine rings is 1. The molecule has 28 heavy (non-hydrogen) atoms. The summed E-state index contributed by atoms with van der Waals surface area (Å²) in [6.07, 6.45) is 3.98. The van der Waals surface area contributed by atoms with Crippen LogP contribution in [0.25, 0.3) is 0 Å². The minimum Gasteiger partial charge on any atom is -0.474 e. The fraction of sp³-hybridized carbons (Fsp3) is 0.368. The molecule has 3 rings (SSSR count). The minimum absolute atomic E-state index is 0.0354. The SMILES string of the molecule is CN(c1ccc(OC2CCN(C(=O)Nc3ccccc3)CC2)nc1)S(C)(=O)=O. The van der Waals surface area contributed by atoms with E-state index in [1.54, 1.807) is 17.0 Å². The Labute approximate surface area is 165 Å². The zero-order valence-corrected chi connectivity index (χ0v) is 16.7. The number of ether oxygens (including phenoxy) is 1. The Morgan fingerprint density at radius 2 is 1.86 bits per heavy atom. The van der Waals surface area contributed by atoms with E-state index in [1.165, 1.54) is 13.2 Å². The van der Waals surface area contributed by atoms with Crippen LogP contribution in [0.1, 0.15) is 12.8 Å². The highest BCUT2D eigenvalue weighted by Crippen LogP contribution is 2.21. The highest BCUT2D eigenvalue weighted by Gasteiger charge is 2.24. The lowest BCUT2D eigenvalue weighted by Crippen LogP contribution is -2.43. The summed E-state index contributed by atoms with van der Waals surface area (Å²) in [4.78, 5) is 18.3. The fourth-order valence-electron chi connectivity index (χ4n) is 2.89. The molecule has 0 radical (unpaired) electrons. The number of pyridine rings is 1. The van der Waals surface area contributed by atoms with Gasteiger partial charge in [-0.3, -0.25) is 4.31 Å². The molecule has 2 aromatic rings. The number of nitrogens with one attached hydrogen (secondary N) is 1. The van der Waals surface area contributed by atoms with Gasteiger partial charge in [-0.05, 0) is 18.2 Å². The summed E-state index contributed by atoms with van der Waals surface area (Å²) in [6, 6.07) is 12.6. The summed E-state index contributed by atoms with van der Waals surface area (Å²) < 4.78 is 30.2. The fourth-order valence-corrected chi connectivity index (χ4v) is 3.38. The number of rotatable bonds is 5. The number of anilines is 2. The summed E-state index contributed by atoms with van der Waals surface area (Å²) in [5.74, 6) is 0.442. The third-order valence-corrected chi connectivity index (χ3v) is 5.83. The van der Waals surface area contributed by atoms with Gasteiger partial charge in [-0.15, -0.1) is 0 Å². The molecule has 0 atom stereocenters. The van der Waals surface area contributed by atoms with Crippen LogP contribution in [-0.4, -0.2) is 56.8 Å². The largest absolute Gasteiger partial charge is 0.474 e. The maximum absolute atomic E-state index is 12.3. The van der Waals surface area contributed by atoms with Gasteiger partial charge in [0.2, 0.25) is 15.9 Å². The summed E-state index contributed by atoms with van der Waals surface area (Å²) in [6.45, 7) is 1.19. The molecule has 1 saturated heterocycles. The van der Waals surface area contributed by atoms with E-state index in [-0.39, 0.29) is 12.1 Å². The van der Waals surface area contributed by atoms with E-state index < -0.39 is 10.0 Å². The molecule has 1 aliphatic heterocycles. The number of carbonyl (C=O) groups is 1. The highest BCUT2D eigenvalue weighted by atomic mass is 32.2. The normalized spacial score (nSPS) is 15.1. The predicted molar refractivity (Wildman–Crippen MR) is 108 cm³/mol. The van der Waals surface area contributed by atoms with Crippen molar-refractivity contribution in [2.75, 3.05) is 36.0 Å². The van der Waals surface area contributed by atoms with Gasteiger partial charge in [0.1, 0.15) is 6.10 Å². The summed E-state index contributed by atoms with van der Waals surface area (Å²) in [7, 11) is -1.85. The van der Waals surface area contributed by atoms with Crippen LogP contribution in [-0.2, 0) is 10.0 Å². The second kappa shape index (κ2) is 8.47. The molecule has 8 nitrogen and oxygen atoms in total. The van der Waals surface area contributed by atoms with Crippen molar-refractivity contribution in [2.45, 2.75) is 18.9 Å². The Morgan fingerprint density at radius 1 is 1.18 bits per heavy atom. The molecule has 0 bridgehead atoms. The monoisotopic (exact) mass is 404 g/mol. The topological polar surface area (TPSA) is 91.8 Å². The van der Waals surface area contributed by atoms with Gasteiger partial charge < -0.3 is 15.0 Å². The third kappa shape index (κ3) is 5.13. The summed E-state index contributed by atoms with van der Waals surface area (Å²) >= 11 is 0. The smallest absolute Gasteiger partial charge is 0.321 e. The van der Waals surface area contributed by atoms with Crippen molar-refractivity contribution >= 4 is 27.4 Å². The molecule has 1 aromatic heterocycles. The quantitative estimate of drug-likeness (QED) is 0.827. The molecular weight excluding hydrogens is 380 g/mol. The van der Waals surface area contributed by atoms with Crippen LogP contribution >= 0.6 is 0 Å². The molecule has 2 amide bonds. The summed E-state index contributed by atoms with van der Waals surface area (Å²) in [5.41, 5.74) is 1.25. The van der Waals surface area contributed by atoms with Gasteiger partial charge in [0.15, 0.2) is 0 Å². The molecule has 0 spiro atoms. The molecule has 1 aliphatic rings. The number of carbonyl (C=O) groups excluding carboxylic acids is 1. The Morgan fingerprint density at radius 3 is 2.43 bits per heavy atom. The van der Waals surface area contributed by atoms with Crippen LogP contribution in [0.3, 0.4) is 0 Å². The molecule has 1 N–H and O–H groups in total. The van der Waals surface area contributed by atoms with Crippen molar-refractivity contribution in [2.24, 2.45) is 0 Å². The van der Waals surface area contributed by atoms with E-state index in [1.807, 2.05) is 30.3 Å². The number of urea groups is 1. The zero-order chi connectivity index (χ0) is 20.1. The third-order valence-electron chi connectivity index (χ3n) is 4.62. The Bertz CT molecular complexity index is 895. The van der Waals surface area contributed by atoms with Gasteiger partial charge in [0.25, 0.3) is 0 Å². The average molecular weight is 404 g/mol. The number of nitrogens with zero attached hydrogens (tertiary/aromatic N) is 3. The molecule has 0 aliphatic carbocycles. The Balaban J connectivity index is 1.49. The first-order valence-corrected chi connectivity index (χ1v) is 10.9. The van der Waals surface area contributed by atoms with Crippen molar-refractivity contribution < 1.29 is 17.9 Å². The molecule has 1 aromatic carbocycles. The lowest BCUT2D eigenvalue weighted by Gasteiger charge is -2.32. The van der Waals surface area contributed by atoms with E-state index in [0.717, 1.165) is 16.2 Å². The molecule has 1 fully saturated rings. The van der Waals surface area contributed by atoms with Gasteiger partial charge in [-0.2, -0.15) is 0 Å². The first kappa shape index (κ1) is 19.9. The van der Waals surface area contributed by atoms with Crippen LogP contribution in [0.4, 0.5) is 16.2 Å². The second-order valence-corrected chi connectivity index (χ2v) is 8.70. The predicted octanol–water partition coefficient (Wildman–Crippen LogP) is 2.55. The number of likely N-dealkylation sites (tertiary alicyclic amines) is 1. The minimum atomic E-state index is -3.32.